The molecule has 0 saturated heterocycles. The van der Waals surface area contributed by atoms with Crippen molar-refractivity contribution in [3.05, 3.63) is 97.2 Å². The summed E-state index contributed by atoms with van der Waals surface area (Å²) in [7, 11) is -4.65. The smallest absolute Gasteiger partial charge is 0.462 e. The lowest BCUT2D eigenvalue weighted by atomic mass is 10.1. The van der Waals surface area contributed by atoms with E-state index in [0.29, 0.717) is 25.7 Å². The second kappa shape index (κ2) is 37.2. The number of esters is 2. The number of hydrogen-bond acceptors (Lipinski definition) is 9. The number of unbranched alkanes of at least 4 members (excludes halogenated alkanes) is 8. The summed E-state index contributed by atoms with van der Waals surface area (Å²) in [6.07, 6.45) is 44.0. The van der Waals surface area contributed by atoms with Gasteiger partial charge in [-0.25, -0.2) is 4.57 Å². The van der Waals surface area contributed by atoms with Crippen molar-refractivity contribution in [3.8, 4) is 0 Å². The SMILES string of the molecule is CC/C=C/C=C/C=C/C=C/C=C/CCCC(=O)OC(COC(=O)CCC/C=C/C/C=C/C/C=C/CCCCCCCC)COP(=O)(O)OC[C@@H](O)CO. The molecule has 0 bridgehead atoms. The zero-order valence-corrected chi connectivity index (χ0v) is 33.1. The third-order valence-electron chi connectivity index (χ3n) is 7.35. The fourth-order valence-electron chi connectivity index (χ4n) is 4.39. The summed E-state index contributed by atoms with van der Waals surface area (Å²) >= 11 is 0. The molecule has 0 spiro atoms. The van der Waals surface area contributed by atoms with E-state index >= 15 is 0 Å². The standard InChI is InChI=1S/C42H67O10P/c1-3-5-7-9-11-13-15-17-18-19-20-22-23-25-27-29-31-33-41(45)49-37-40(38-51-53(47,48)50-36-39(44)35-43)52-42(46)34-32-30-28-26-24-21-16-14-12-10-8-6-4-2/h6,8,10,12,14,16-18,20-22,24-28,39-40,43-44H,3-5,7,9,11,13,15,19,23,29-38H2,1-2H3,(H,47,48)/b8-6+,12-10+,16-14+,18-17+,22-20+,24-21+,27-25+,28-26+/t39-,40?/m0/s1. The van der Waals surface area contributed by atoms with Crippen molar-refractivity contribution in [1.29, 1.82) is 0 Å². The van der Waals surface area contributed by atoms with Gasteiger partial charge in [0.25, 0.3) is 0 Å². The van der Waals surface area contributed by atoms with E-state index in [4.69, 9.17) is 19.1 Å². The number of rotatable bonds is 34. The Morgan fingerprint density at radius 1 is 0.604 bits per heavy atom. The molecule has 3 atom stereocenters. The van der Waals surface area contributed by atoms with Gasteiger partial charge in [0.05, 0.1) is 19.8 Å². The Hall–Kier alpha value is -3.11. The average molecular weight is 763 g/mol. The first-order chi connectivity index (χ1) is 25.7. The molecule has 0 heterocycles. The lowest BCUT2D eigenvalue weighted by molar-refractivity contribution is -0.161. The van der Waals surface area contributed by atoms with Gasteiger partial charge in [-0.2, -0.15) is 0 Å². The average Bonchev–Trinajstić information content (AvgIpc) is 3.14. The highest BCUT2D eigenvalue weighted by Crippen LogP contribution is 2.43. The molecule has 0 aliphatic rings. The largest absolute Gasteiger partial charge is 0.472 e. The van der Waals surface area contributed by atoms with Gasteiger partial charge in [-0.1, -0.05) is 143 Å². The van der Waals surface area contributed by atoms with Gasteiger partial charge in [-0.15, -0.1) is 0 Å². The van der Waals surface area contributed by atoms with Crippen LogP contribution in [0.2, 0.25) is 0 Å². The van der Waals surface area contributed by atoms with E-state index in [-0.39, 0.29) is 19.4 Å². The summed E-state index contributed by atoms with van der Waals surface area (Å²) in [5.74, 6) is -1.09. The first-order valence-corrected chi connectivity index (χ1v) is 20.8. The van der Waals surface area contributed by atoms with E-state index in [2.05, 4.69) is 54.8 Å². The number of carbonyl (C=O) groups is 2. The maximum Gasteiger partial charge on any atom is 0.472 e. The Bertz CT molecular complexity index is 1200. The quantitative estimate of drug-likeness (QED) is 0.0190. The van der Waals surface area contributed by atoms with E-state index in [1.807, 2.05) is 60.8 Å². The van der Waals surface area contributed by atoms with E-state index < -0.39 is 51.8 Å². The van der Waals surface area contributed by atoms with Gasteiger partial charge in [0.1, 0.15) is 12.7 Å². The van der Waals surface area contributed by atoms with Crippen molar-refractivity contribution in [1.82, 2.24) is 0 Å². The Morgan fingerprint density at radius 3 is 1.74 bits per heavy atom. The summed E-state index contributed by atoms with van der Waals surface area (Å²) in [5.41, 5.74) is 0. The number of phosphoric ester groups is 1. The van der Waals surface area contributed by atoms with E-state index in [1.165, 1.54) is 38.5 Å². The summed E-state index contributed by atoms with van der Waals surface area (Å²) in [5, 5.41) is 18.3. The molecule has 10 nitrogen and oxygen atoms in total. The summed E-state index contributed by atoms with van der Waals surface area (Å²) in [4.78, 5) is 34.8. The molecule has 0 radical (unpaired) electrons. The van der Waals surface area contributed by atoms with Crippen LogP contribution in [0, 0.1) is 0 Å². The molecule has 53 heavy (non-hydrogen) atoms. The van der Waals surface area contributed by atoms with Crippen molar-refractivity contribution in [2.75, 3.05) is 26.4 Å². The fourth-order valence-corrected chi connectivity index (χ4v) is 5.18. The van der Waals surface area contributed by atoms with Crippen LogP contribution in [0.3, 0.4) is 0 Å². The van der Waals surface area contributed by atoms with Crippen molar-refractivity contribution in [2.45, 2.75) is 129 Å². The summed E-state index contributed by atoms with van der Waals surface area (Å²) in [6, 6.07) is 0. The number of carbonyl (C=O) groups excluding carboxylic acids is 2. The fraction of sp³-hybridized carbons (Fsp3) is 0.571. The predicted octanol–water partition coefficient (Wildman–Crippen LogP) is 9.66. The monoisotopic (exact) mass is 762 g/mol. The second-order valence-corrected chi connectivity index (χ2v) is 13.8. The molecule has 2 unspecified atom stereocenters. The minimum absolute atomic E-state index is 0.0714. The maximum absolute atomic E-state index is 12.5. The molecule has 0 rings (SSSR count). The number of allylic oxidation sites excluding steroid dienone is 16. The molecule has 0 saturated carbocycles. The molecule has 0 aromatic rings. The Kier molecular flexibility index (Phi) is 35.0. The van der Waals surface area contributed by atoms with Crippen molar-refractivity contribution < 1.29 is 47.8 Å². The van der Waals surface area contributed by atoms with Crippen LogP contribution in [0.4, 0.5) is 0 Å². The van der Waals surface area contributed by atoms with E-state index in [1.54, 1.807) is 0 Å². The molecule has 0 amide bonds. The third-order valence-corrected chi connectivity index (χ3v) is 8.30. The molecule has 0 aromatic heterocycles. The van der Waals surface area contributed by atoms with Crippen LogP contribution < -0.4 is 0 Å². The van der Waals surface area contributed by atoms with Crippen LogP contribution in [-0.4, -0.2) is 65.7 Å². The molecule has 0 fully saturated rings. The van der Waals surface area contributed by atoms with Crippen LogP contribution in [0.25, 0.3) is 0 Å². The van der Waals surface area contributed by atoms with Gasteiger partial charge in [0, 0.05) is 12.8 Å². The molecule has 0 aromatic carbocycles. The van der Waals surface area contributed by atoms with Crippen LogP contribution in [0.5, 0.6) is 0 Å². The number of aliphatic hydroxyl groups excluding tert-OH is 2. The van der Waals surface area contributed by atoms with Crippen LogP contribution in [0.15, 0.2) is 97.2 Å². The zero-order valence-electron chi connectivity index (χ0n) is 32.2. The predicted molar refractivity (Wildman–Crippen MR) is 214 cm³/mol. The number of aliphatic hydroxyl groups is 2. The normalized spacial score (nSPS) is 15.0. The van der Waals surface area contributed by atoms with Crippen LogP contribution in [0.1, 0.15) is 117 Å². The highest BCUT2D eigenvalue weighted by molar-refractivity contribution is 7.47. The summed E-state index contributed by atoms with van der Waals surface area (Å²) in [6.45, 7) is 2.04. The van der Waals surface area contributed by atoms with Crippen molar-refractivity contribution in [2.24, 2.45) is 0 Å². The molecule has 3 N–H and O–H groups in total. The van der Waals surface area contributed by atoms with Crippen LogP contribution in [-0.2, 0) is 32.7 Å². The van der Waals surface area contributed by atoms with Crippen LogP contribution >= 0.6 is 7.82 Å². The molecule has 300 valence electrons. The number of hydrogen-bond donors (Lipinski definition) is 3. The molecule has 11 heteroatoms. The molecule has 0 aliphatic carbocycles. The van der Waals surface area contributed by atoms with Gasteiger partial charge in [0.15, 0.2) is 6.10 Å². The molecular weight excluding hydrogens is 695 g/mol. The Labute approximate surface area is 319 Å². The van der Waals surface area contributed by atoms with Gasteiger partial charge >= 0.3 is 19.8 Å². The van der Waals surface area contributed by atoms with Gasteiger partial charge in [-0.05, 0) is 57.8 Å². The van der Waals surface area contributed by atoms with Gasteiger partial charge in [0.2, 0.25) is 0 Å². The van der Waals surface area contributed by atoms with Crippen molar-refractivity contribution in [3.63, 3.8) is 0 Å². The van der Waals surface area contributed by atoms with E-state index in [9.17, 15) is 24.2 Å². The highest BCUT2D eigenvalue weighted by Gasteiger charge is 2.27. The second-order valence-electron chi connectivity index (χ2n) is 12.3. The lowest BCUT2D eigenvalue weighted by Gasteiger charge is -2.20. The third kappa shape index (κ3) is 37.0. The first kappa shape index (κ1) is 49.9. The van der Waals surface area contributed by atoms with E-state index in [0.717, 1.165) is 25.7 Å². The maximum atomic E-state index is 12.5. The Balaban J connectivity index is 4.57. The zero-order chi connectivity index (χ0) is 39.1. The summed E-state index contributed by atoms with van der Waals surface area (Å²) < 4.78 is 32.4. The number of ether oxygens (including phenoxy) is 2. The first-order valence-electron chi connectivity index (χ1n) is 19.3. The Morgan fingerprint density at radius 2 is 1.11 bits per heavy atom. The lowest BCUT2D eigenvalue weighted by Crippen LogP contribution is -2.29. The topological polar surface area (TPSA) is 149 Å². The molecule has 0 aliphatic heterocycles. The van der Waals surface area contributed by atoms with Gasteiger partial charge in [-0.3, -0.25) is 18.6 Å². The number of phosphoric acid groups is 1. The molecular formula is C42H67O10P. The minimum atomic E-state index is -4.65. The minimum Gasteiger partial charge on any atom is -0.462 e. The van der Waals surface area contributed by atoms with Gasteiger partial charge < -0.3 is 24.6 Å². The van der Waals surface area contributed by atoms with Crippen molar-refractivity contribution >= 4 is 19.8 Å². The highest BCUT2D eigenvalue weighted by atomic mass is 31.2.